The number of nitrogens with one attached hydrogen (secondary N) is 1. The number of imide groups is 1. The van der Waals surface area contributed by atoms with Gasteiger partial charge < -0.3 is 5.32 Å². The van der Waals surface area contributed by atoms with Crippen LogP contribution in [0.2, 0.25) is 0 Å². The molecule has 3 amide bonds. The van der Waals surface area contributed by atoms with Crippen molar-refractivity contribution in [1.82, 2.24) is 14.7 Å². The molecule has 9 heteroatoms. The number of rotatable bonds is 5. The number of hydrogen-bond donors (Lipinski definition) is 1. The molecule has 3 aromatic rings. The molecular weight excluding hydrogens is 432 g/mol. The number of aryl methyl sites for hydroxylation is 2. The molecule has 7 nitrogen and oxygen atoms in total. The SMILES string of the molecule is Cc1ccc(-n2nc(C)c(NC(=O)CN3C(=O)S/C(=C\c4cccs4)C3=O)c2C)cc1. The molecule has 1 saturated heterocycles. The van der Waals surface area contributed by atoms with Crippen LogP contribution in [-0.2, 0) is 9.59 Å². The van der Waals surface area contributed by atoms with E-state index in [1.54, 1.807) is 17.7 Å². The van der Waals surface area contributed by atoms with E-state index in [4.69, 9.17) is 0 Å². The minimum atomic E-state index is -0.456. The van der Waals surface area contributed by atoms with Gasteiger partial charge >= 0.3 is 0 Å². The van der Waals surface area contributed by atoms with Crippen LogP contribution in [0.5, 0.6) is 0 Å². The zero-order valence-corrected chi connectivity index (χ0v) is 18.8. The number of carbonyl (C=O) groups excluding carboxylic acids is 3. The predicted octanol–water partition coefficient (Wildman–Crippen LogP) is 4.53. The third-order valence-corrected chi connectivity index (χ3v) is 6.55. The Bertz CT molecular complexity index is 1190. The topological polar surface area (TPSA) is 84.3 Å². The first-order chi connectivity index (χ1) is 14.8. The number of aromatic nitrogens is 2. The summed E-state index contributed by atoms with van der Waals surface area (Å²) < 4.78 is 1.76. The summed E-state index contributed by atoms with van der Waals surface area (Å²) in [5.74, 6) is -0.906. The molecule has 1 aliphatic heterocycles. The third-order valence-electron chi connectivity index (χ3n) is 4.83. The van der Waals surface area contributed by atoms with Gasteiger partial charge in [-0.25, -0.2) is 4.68 Å². The predicted molar refractivity (Wildman–Crippen MR) is 123 cm³/mol. The Balaban J connectivity index is 1.48. The van der Waals surface area contributed by atoms with Crippen LogP contribution in [-0.4, -0.2) is 38.3 Å². The summed E-state index contributed by atoms with van der Waals surface area (Å²) in [7, 11) is 0. The second kappa shape index (κ2) is 8.52. The maximum atomic E-state index is 12.7. The van der Waals surface area contributed by atoms with E-state index in [0.717, 1.165) is 38.5 Å². The second-order valence-corrected chi connectivity index (χ2v) is 9.10. The molecule has 0 spiro atoms. The van der Waals surface area contributed by atoms with Crippen molar-refractivity contribution in [3.05, 3.63) is 68.5 Å². The van der Waals surface area contributed by atoms with Gasteiger partial charge in [0.25, 0.3) is 11.1 Å². The van der Waals surface area contributed by atoms with Gasteiger partial charge in [-0.1, -0.05) is 23.8 Å². The second-order valence-electron chi connectivity index (χ2n) is 7.12. The molecular formula is C22H20N4O3S2. The van der Waals surface area contributed by atoms with Gasteiger partial charge in [0.1, 0.15) is 6.54 Å². The van der Waals surface area contributed by atoms with Crippen LogP contribution in [0.4, 0.5) is 10.5 Å². The molecule has 0 bridgehead atoms. The highest BCUT2D eigenvalue weighted by molar-refractivity contribution is 8.18. The van der Waals surface area contributed by atoms with Crippen molar-refractivity contribution >= 4 is 51.9 Å². The Morgan fingerprint density at radius 1 is 1.13 bits per heavy atom. The molecule has 2 aromatic heterocycles. The summed E-state index contributed by atoms with van der Waals surface area (Å²) in [5.41, 5.74) is 4.02. The van der Waals surface area contributed by atoms with Crippen molar-refractivity contribution in [2.24, 2.45) is 0 Å². The van der Waals surface area contributed by atoms with Gasteiger partial charge in [0.2, 0.25) is 5.91 Å². The highest BCUT2D eigenvalue weighted by Gasteiger charge is 2.36. The summed E-state index contributed by atoms with van der Waals surface area (Å²) in [6.45, 7) is 5.33. The lowest BCUT2D eigenvalue weighted by Gasteiger charge is -2.13. The number of anilines is 1. The largest absolute Gasteiger partial charge is 0.321 e. The lowest BCUT2D eigenvalue weighted by atomic mass is 10.2. The fourth-order valence-electron chi connectivity index (χ4n) is 3.22. The summed E-state index contributed by atoms with van der Waals surface area (Å²) in [6, 6.07) is 11.6. The molecule has 31 heavy (non-hydrogen) atoms. The van der Waals surface area contributed by atoms with E-state index in [0.29, 0.717) is 16.3 Å². The summed E-state index contributed by atoms with van der Waals surface area (Å²) >= 11 is 2.32. The fraction of sp³-hybridized carbons (Fsp3) is 0.182. The monoisotopic (exact) mass is 452 g/mol. The van der Waals surface area contributed by atoms with Crippen molar-refractivity contribution in [1.29, 1.82) is 0 Å². The zero-order valence-electron chi connectivity index (χ0n) is 17.2. The van der Waals surface area contributed by atoms with Crippen LogP contribution in [0.25, 0.3) is 11.8 Å². The first-order valence-corrected chi connectivity index (χ1v) is 11.2. The first kappa shape index (κ1) is 21.1. The van der Waals surface area contributed by atoms with Crippen molar-refractivity contribution in [3.8, 4) is 5.69 Å². The standard InChI is InChI=1S/C22H20N4O3S2/c1-13-6-8-16(9-7-13)26-15(3)20(14(2)24-26)23-19(27)12-25-21(28)18(31-22(25)29)11-17-5-4-10-30-17/h4-11H,12H2,1-3H3,(H,23,27)/b18-11-. The number of thiophene rings is 1. The molecule has 0 atom stereocenters. The Morgan fingerprint density at radius 2 is 1.87 bits per heavy atom. The molecule has 1 aromatic carbocycles. The van der Waals surface area contributed by atoms with Crippen molar-refractivity contribution in [2.45, 2.75) is 20.8 Å². The number of carbonyl (C=O) groups is 3. The molecule has 0 aliphatic carbocycles. The molecule has 0 saturated carbocycles. The fourth-order valence-corrected chi connectivity index (χ4v) is 4.78. The zero-order chi connectivity index (χ0) is 22.1. The lowest BCUT2D eigenvalue weighted by Crippen LogP contribution is -2.36. The van der Waals surface area contributed by atoms with E-state index in [1.165, 1.54) is 11.3 Å². The van der Waals surface area contributed by atoms with Crippen molar-refractivity contribution in [2.75, 3.05) is 11.9 Å². The molecule has 0 radical (unpaired) electrons. The van der Waals surface area contributed by atoms with E-state index in [2.05, 4.69) is 10.4 Å². The average molecular weight is 453 g/mol. The van der Waals surface area contributed by atoms with Crippen LogP contribution < -0.4 is 5.32 Å². The Kier molecular flexibility index (Phi) is 5.79. The number of thioether (sulfide) groups is 1. The van der Waals surface area contributed by atoms with Gasteiger partial charge in [0.15, 0.2) is 0 Å². The first-order valence-electron chi connectivity index (χ1n) is 9.55. The van der Waals surface area contributed by atoms with Crippen LogP contribution in [0, 0.1) is 20.8 Å². The average Bonchev–Trinajstić information content (AvgIpc) is 3.41. The Hall–Kier alpha value is -3.17. The van der Waals surface area contributed by atoms with E-state index < -0.39 is 17.1 Å². The van der Waals surface area contributed by atoms with E-state index >= 15 is 0 Å². The number of benzene rings is 1. The maximum absolute atomic E-state index is 12.7. The van der Waals surface area contributed by atoms with Gasteiger partial charge in [0, 0.05) is 4.88 Å². The summed E-state index contributed by atoms with van der Waals surface area (Å²) in [6.07, 6.45) is 1.67. The van der Waals surface area contributed by atoms with Gasteiger partial charge in [0.05, 0.1) is 27.7 Å². The normalized spacial score (nSPS) is 15.2. The molecule has 158 valence electrons. The van der Waals surface area contributed by atoms with Gasteiger partial charge in [-0.15, -0.1) is 11.3 Å². The van der Waals surface area contributed by atoms with Gasteiger partial charge in [-0.3, -0.25) is 19.3 Å². The molecule has 0 unspecified atom stereocenters. The summed E-state index contributed by atoms with van der Waals surface area (Å²) in [4.78, 5) is 39.7. The number of amides is 3. The van der Waals surface area contributed by atoms with E-state index in [9.17, 15) is 14.4 Å². The smallest absolute Gasteiger partial charge is 0.294 e. The van der Waals surface area contributed by atoms with E-state index in [-0.39, 0.29) is 6.54 Å². The third kappa shape index (κ3) is 4.33. The quantitative estimate of drug-likeness (QED) is 0.575. The number of hydrogen-bond acceptors (Lipinski definition) is 6. The molecule has 1 N–H and O–H groups in total. The van der Waals surface area contributed by atoms with Crippen molar-refractivity contribution < 1.29 is 14.4 Å². The Morgan fingerprint density at radius 3 is 2.55 bits per heavy atom. The van der Waals surface area contributed by atoms with Gasteiger partial charge in [-0.05, 0) is 62.2 Å². The number of nitrogens with zero attached hydrogens (tertiary/aromatic N) is 3. The lowest BCUT2D eigenvalue weighted by molar-refractivity contribution is -0.127. The summed E-state index contributed by atoms with van der Waals surface area (Å²) in [5, 5.41) is 8.78. The highest BCUT2D eigenvalue weighted by Crippen LogP contribution is 2.33. The molecule has 1 aliphatic rings. The van der Waals surface area contributed by atoms with Crippen LogP contribution in [0.1, 0.15) is 21.8 Å². The molecule has 4 rings (SSSR count). The highest BCUT2D eigenvalue weighted by atomic mass is 32.2. The molecule has 3 heterocycles. The molecule has 1 fully saturated rings. The van der Waals surface area contributed by atoms with Crippen LogP contribution >= 0.6 is 23.1 Å². The minimum Gasteiger partial charge on any atom is -0.321 e. The van der Waals surface area contributed by atoms with Crippen molar-refractivity contribution in [3.63, 3.8) is 0 Å². The van der Waals surface area contributed by atoms with Crippen LogP contribution in [0.15, 0.2) is 46.7 Å². The Labute approximate surface area is 187 Å². The van der Waals surface area contributed by atoms with E-state index in [1.807, 2.05) is 55.6 Å². The maximum Gasteiger partial charge on any atom is 0.294 e. The van der Waals surface area contributed by atoms with Gasteiger partial charge in [-0.2, -0.15) is 5.10 Å². The minimum absolute atomic E-state index is 0.319. The van der Waals surface area contributed by atoms with Crippen LogP contribution in [0.3, 0.4) is 0 Å².